The van der Waals surface area contributed by atoms with E-state index in [0.29, 0.717) is 11.8 Å². The van der Waals surface area contributed by atoms with Gasteiger partial charge in [-0.3, -0.25) is 10.1 Å². The molecule has 20 heavy (non-hydrogen) atoms. The van der Waals surface area contributed by atoms with Gasteiger partial charge < -0.3 is 9.84 Å². The van der Waals surface area contributed by atoms with Crippen molar-refractivity contribution in [2.75, 3.05) is 6.61 Å². The minimum absolute atomic E-state index is 0.143. The zero-order chi connectivity index (χ0) is 13.9. The Morgan fingerprint density at radius 1 is 1.25 bits per heavy atom. The molecule has 4 heteroatoms. The summed E-state index contributed by atoms with van der Waals surface area (Å²) in [6.45, 7) is 0.143. The number of carboxylic acids is 1. The maximum absolute atomic E-state index is 11.2. The van der Waals surface area contributed by atoms with Crippen LogP contribution in [0.2, 0.25) is 0 Å². The van der Waals surface area contributed by atoms with E-state index in [1.165, 1.54) is 0 Å². The molecule has 0 aliphatic heterocycles. The molecule has 0 bridgehead atoms. The van der Waals surface area contributed by atoms with Crippen LogP contribution in [-0.4, -0.2) is 29.8 Å². The van der Waals surface area contributed by atoms with Crippen molar-refractivity contribution in [3.05, 3.63) is 42.5 Å². The summed E-state index contributed by atoms with van der Waals surface area (Å²) in [4.78, 5) is 11.2. The lowest BCUT2D eigenvalue weighted by Gasteiger charge is -2.15. The number of fused-ring (bicyclic) bond motifs is 1. The van der Waals surface area contributed by atoms with Gasteiger partial charge >= 0.3 is 5.97 Å². The molecule has 0 spiro atoms. The van der Waals surface area contributed by atoms with Crippen LogP contribution in [-0.2, 0) is 4.79 Å². The monoisotopic (exact) mass is 271 g/mol. The minimum Gasteiger partial charge on any atom is -0.491 e. The molecule has 2 aromatic carbocycles. The number of nitrogens with one attached hydrogen (secondary N) is 1. The van der Waals surface area contributed by atoms with Crippen LogP contribution in [0.5, 0.6) is 5.75 Å². The first-order valence-corrected chi connectivity index (χ1v) is 6.83. The number of hydrogen-bond acceptors (Lipinski definition) is 3. The summed E-state index contributed by atoms with van der Waals surface area (Å²) in [7, 11) is 0. The van der Waals surface area contributed by atoms with Crippen LogP contribution < -0.4 is 10.1 Å². The molecule has 1 aliphatic carbocycles. The molecule has 2 N–H and O–H groups in total. The van der Waals surface area contributed by atoms with Crippen molar-refractivity contribution in [2.24, 2.45) is 0 Å². The Hall–Kier alpha value is -2.07. The highest BCUT2D eigenvalue weighted by molar-refractivity contribution is 5.83. The summed E-state index contributed by atoms with van der Waals surface area (Å²) < 4.78 is 5.62. The van der Waals surface area contributed by atoms with Crippen LogP contribution in [0.1, 0.15) is 12.8 Å². The molecule has 1 aliphatic rings. The molecule has 1 unspecified atom stereocenters. The fourth-order valence-electron chi connectivity index (χ4n) is 2.16. The Kier molecular flexibility index (Phi) is 3.56. The number of hydrogen-bond donors (Lipinski definition) is 2. The second-order valence-corrected chi connectivity index (χ2v) is 5.15. The van der Waals surface area contributed by atoms with Crippen LogP contribution in [0.3, 0.4) is 0 Å². The van der Waals surface area contributed by atoms with Crippen molar-refractivity contribution >= 4 is 16.7 Å². The first kappa shape index (κ1) is 12.9. The van der Waals surface area contributed by atoms with Crippen molar-refractivity contribution < 1.29 is 14.6 Å². The fourth-order valence-corrected chi connectivity index (χ4v) is 2.16. The maximum Gasteiger partial charge on any atom is 0.324 e. The Balaban J connectivity index is 1.66. The van der Waals surface area contributed by atoms with E-state index in [1.807, 2.05) is 42.5 Å². The van der Waals surface area contributed by atoms with Gasteiger partial charge in [0, 0.05) is 6.04 Å². The van der Waals surface area contributed by atoms with Crippen LogP contribution in [0.15, 0.2) is 42.5 Å². The number of benzene rings is 2. The molecule has 1 fully saturated rings. The summed E-state index contributed by atoms with van der Waals surface area (Å²) in [6, 6.07) is 13.5. The Morgan fingerprint density at radius 2 is 2.00 bits per heavy atom. The molecule has 3 rings (SSSR count). The zero-order valence-electron chi connectivity index (χ0n) is 11.1. The van der Waals surface area contributed by atoms with E-state index in [-0.39, 0.29) is 6.61 Å². The highest BCUT2D eigenvalue weighted by Gasteiger charge is 2.28. The molecule has 4 nitrogen and oxygen atoms in total. The van der Waals surface area contributed by atoms with Crippen molar-refractivity contribution in [3.63, 3.8) is 0 Å². The standard InChI is InChI=1S/C16H17NO3/c18-16(19)15(17-13-6-7-13)10-20-14-8-5-11-3-1-2-4-12(11)9-14/h1-5,8-9,13,15,17H,6-7,10H2,(H,18,19). The van der Waals surface area contributed by atoms with Crippen LogP contribution in [0.4, 0.5) is 0 Å². The van der Waals surface area contributed by atoms with E-state index in [4.69, 9.17) is 9.84 Å². The molecule has 0 aromatic heterocycles. The van der Waals surface area contributed by atoms with E-state index >= 15 is 0 Å². The number of carboxylic acid groups (broad SMARTS) is 1. The third-order valence-corrected chi connectivity index (χ3v) is 3.45. The topological polar surface area (TPSA) is 58.6 Å². The normalized spacial score (nSPS) is 16.0. The Morgan fingerprint density at radius 3 is 2.70 bits per heavy atom. The summed E-state index contributed by atoms with van der Waals surface area (Å²) in [5, 5.41) is 14.5. The third kappa shape index (κ3) is 3.08. The molecular formula is C16H17NO3. The molecule has 0 radical (unpaired) electrons. The third-order valence-electron chi connectivity index (χ3n) is 3.45. The Labute approximate surface area is 117 Å². The quantitative estimate of drug-likeness (QED) is 0.847. The number of carbonyl (C=O) groups is 1. The van der Waals surface area contributed by atoms with Gasteiger partial charge in [0.1, 0.15) is 18.4 Å². The second-order valence-electron chi connectivity index (χ2n) is 5.15. The second kappa shape index (κ2) is 5.51. The lowest BCUT2D eigenvalue weighted by atomic mass is 10.1. The lowest BCUT2D eigenvalue weighted by molar-refractivity contribution is -0.140. The molecule has 1 atom stereocenters. The van der Waals surface area contributed by atoms with E-state index < -0.39 is 12.0 Å². The van der Waals surface area contributed by atoms with E-state index in [2.05, 4.69) is 5.32 Å². The molecule has 0 amide bonds. The molecule has 2 aromatic rings. The Bertz CT molecular complexity index is 622. The van der Waals surface area contributed by atoms with Gasteiger partial charge in [0.05, 0.1) is 0 Å². The lowest BCUT2D eigenvalue weighted by Crippen LogP contribution is -2.42. The van der Waals surface area contributed by atoms with Gasteiger partial charge in [-0.25, -0.2) is 0 Å². The van der Waals surface area contributed by atoms with Gasteiger partial charge in [-0.15, -0.1) is 0 Å². The van der Waals surface area contributed by atoms with Gasteiger partial charge in [-0.1, -0.05) is 30.3 Å². The van der Waals surface area contributed by atoms with Gasteiger partial charge in [0.2, 0.25) is 0 Å². The smallest absolute Gasteiger partial charge is 0.324 e. The van der Waals surface area contributed by atoms with Gasteiger partial charge in [-0.05, 0) is 35.7 Å². The molecule has 1 saturated carbocycles. The maximum atomic E-state index is 11.2. The molecular weight excluding hydrogens is 254 g/mol. The van der Waals surface area contributed by atoms with Gasteiger partial charge in [0.15, 0.2) is 0 Å². The van der Waals surface area contributed by atoms with Crippen molar-refractivity contribution in [1.82, 2.24) is 5.32 Å². The average molecular weight is 271 g/mol. The highest BCUT2D eigenvalue weighted by atomic mass is 16.5. The van der Waals surface area contributed by atoms with E-state index in [0.717, 1.165) is 23.6 Å². The number of aliphatic carboxylic acids is 1. The van der Waals surface area contributed by atoms with Crippen LogP contribution >= 0.6 is 0 Å². The first-order valence-electron chi connectivity index (χ1n) is 6.83. The minimum atomic E-state index is -0.863. The van der Waals surface area contributed by atoms with Crippen molar-refractivity contribution in [3.8, 4) is 5.75 Å². The number of rotatable bonds is 6. The van der Waals surface area contributed by atoms with Crippen LogP contribution in [0, 0.1) is 0 Å². The van der Waals surface area contributed by atoms with E-state index in [1.54, 1.807) is 0 Å². The van der Waals surface area contributed by atoms with Gasteiger partial charge in [-0.2, -0.15) is 0 Å². The predicted octanol–water partition coefficient (Wildman–Crippen LogP) is 2.42. The summed E-state index contributed by atoms with van der Waals surface area (Å²) in [5.41, 5.74) is 0. The molecule has 104 valence electrons. The fraction of sp³-hybridized carbons (Fsp3) is 0.312. The summed E-state index contributed by atoms with van der Waals surface area (Å²) in [6.07, 6.45) is 2.11. The largest absolute Gasteiger partial charge is 0.491 e. The summed E-state index contributed by atoms with van der Waals surface area (Å²) in [5.74, 6) is -0.162. The van der Waals surface area contributed by atoms with E-state index in [9.17, 15) is 4.79 Å². The first-order chi connectivity index (χ1) is 9.72. The van der Waals surface area contributed by atoms with Crippen molar-refractivity contribution in [2.45, 2.75) is 24.9 Å². The summed E-state index contributed by atoms with van der Waals surface area (Å²) >= 11 is 0. The average Bonchev–Trinajstić information content (AvgIpc) is 3.27. The number of ether oxygens (including phenoxy) is 1. The zero-order valence-corrected chi connectivity index (χ0v) is 11.1. The van der Waals surface area contributed by atoms with Gasteiger partial charge in [0.25, 0.3) is 0 Å². The SMILES string of the molecule is O=C(O)C(COc1ccc2ccccc2c1)NC1CC1. The molecule has 0 heterocycles. The van der Waals surface area contributed by atoms with Crippen molar-refractivity contribution in [1.29, 1.82) is 0 Å². The molecule has 0 saturated heterocycles. The predicted molar refractivity (Wildman–Crippen MR) is 77.0 cm³/mol. The highest BCUT2D eigenvalue weighted by Crippen LogP contribution is 2.22. The van der Waals surface area contributed by atoms with Crippen LogP contribution in [0.25, 0.3) is 10.8 Å².